The number of hydrogen-bond donors (Lipinski definition) is 2. The molecule has 0 saturated carbocycles. The Bertz CT molecular complexity index is 739. The molecule has 0 atom stereocenters. The second-order valence-corrected chi connectivity index (χ2v) is 4.25. The Labute approximate surface area is 113 Å². The molecule has 0 radical (unpaired) electrons. The third-order valence-corrected chi connectivity index (χ3v) is 2.87. The Morgan fingerprint density at radius 3 is 2.53 bits per heavy atom. The number of halogens is 1. The van der Waals surface area contributed by atoms with Gasteiger partial charge >= 0.3 is 0 Å². The Morgan fingerprint density at radius 2 is 1.84 bits per heavy atom. The minimum atomic E-state index is -0.309. The summed E-state index contributed by atoms with van der Waals surface area (Å²) in [6.45, 7) is 0. The van der Waals surface area contributed by atoms with Crippen molar-refractivity contribution < 1.29 is 4.79 Å². The lowest BCUT2D eigenvalue weighted by molar-refractivity contribution is 0.102. The molecule has 0 spiro atoms. The molecule has 0 saturated heterocycles. The second-order valence-electron chi connectivity index (χ2n) is 3.89. The van der Waals surface area contributed by atoms with Gasteiger partial charge in [-0.25, -0.2) is 9.97 Å². The van der Waals surface area contributed by atoms with Crippen LogP contribution in [0.5, 0.6) is 0 Å². The van der Waals surface area contributed by atoms with Gasteiger partial charge in [-0.15, -0.1) is 0 Å². The van der Waals surface area contributed by atoms with Gasteiger partial charge in [-0.1, -0.05) is 23.7 Å². The quantitative estimate of drug-likeness (QED) is 0.753. The molecule has 1 aromatic carbocycles. The fraction of sp³-hybridized carbons (Fsp3) is 0. The Morgan fingerprint density at radius 1 is 1.11 bits per heavy atom. The lowest BCUT2D eigenvalue weighted by Crippen LogP contribution is -2.14. The number of anilines is 1. The number of hydrogen-bond acceptors (Lipinski definition) is 3. The number of fused-ring (bicyclic) bond motifs is 1. The predicted molar refractivity (Wildman–Crippen MR) is 73.3 cm³/mol. The fourth-order valence-electron chi connectivity index (χ4n) is 1.70. The average molecular weight is 273 g/mol. The first-order valence-electron chi connectivity index (χ1n) is 5.61. The highest BCUT2D eigenvalue weighted by atomic mass is 35.5. The van der Waals surface area contributed by atoms with E-state index in [1.807, 2.05) is 24.3 Å². The Balaban J connectivity index is 1.96. The first kappa shape index (κ1) is 11.7. The standard InChI is InChI=1S/C13H9ClN4O/c14-11-12(18-13(19)10-6-3-7-15-10)17-9-5-2-1-4-8(9)16-11/h1-7,15H,(H,17,18,19). The summed E-state index contributed by atoms with van der Waals surface area (Å²) >= 11 is 6.01. The van der Waals surface area contributed by atoms with Crippen LogP contribution in [0.3, 0.4) is 0 Å². The van der Waals surface area contributed by atoms with Gasteiger partial charge in [0.05, 0.1) is 11.0 Å². The van der Waals surface area contributed by atoms with Crippen molar-refractivity contribution in [2.45, 2.75) is 0 Å². The molecule has 0 bridgehead atoms. The third-order valence-electron chi connectivity index (χ3n) is 2.60. The normalized spacial score (nSPS) is 10.6. The maximum absolute atomic E-state index is 11.9. The van der Waals surface area contributed by atoms with Crippen LogP contribution in [0, 0.1) is 0 Å². The molecule has 2 heterocycles. The molecule has 2 N–H and O–H groups in total. The number of nitrogens with zero attached hydrogens (tertiary/aromatic N) is 2. The Kier molecular flexibility index (Phi) is 2.89. The number of amides is 1. The van der Waals surface area contributed by atoms with Crippen LogP contribution in [0.15, 0.2) is 42.6 Å². The predicted octanol–water partition coefficient (Wildman–Crippen LogP) is 2.86. The van der Waals surface area contributed by atoms with Crippen LogP contribution < -0.4 is 5.32 Å². The number of aromatic amines is 1. The molecular weight excluding hydrogens is 264 g/mol. The molecule has 3 rings (SSSR count). The lowest BCUT2D eigenvalue weighted by Gasteiger charge is -2.06. The number of carbonyl (C=O) groups excluding carboxylic acids is 1. The van der Waals surface area contributed by atoms with E-state index >= 15 is 0 Å². The molecule has 0 unspecified atom stereocenters. The number of nitrogens with one attached hydrogen (secondary N) is 2. The molecule has 3 aromatic rings. The second kappa shape index (κ2) is 4.70. The number of para-hydroxylation sites is 2. The minimum Gasteiger partial charge on any atom is -0.357 e. The van der Waals surface area contributed by atoms with Gasteiger partial charge in [-0.2, -0.15) is 0 Å². The highest BCUT2D eigenvalue weighted by Gasteiger charge is 2.12. The summed E-state index contributed by atoms with van der Waals surface area (Å²) in [6.07, 6.45) is 1.67. The summed E-state index contributed by atoms with van der Waals surface area (Å²) in [5, 5.41) is 2.79. The minimum absolute atomic E-state index is 0.165. The van der Waals surface area contributed by atoms with Crippen molar-refractivity contribution >= 4 is 34.4 Å². The van der Waals surface area contributed by atoms with Crippen LogP contribution in [0.2, 0.25) is 5.15 Å². The maximum atomic E-state index is 11.9. The molecule has 19 heavy (non-hydrogen) atoms. The van der Waals surface area contributed by atoms with Crippen LogP contribution >= 0.6 is 11.6 Å². The van der Waals surface area contributed by atoms with Crippen molar-refractivity contribution in [3.8, 4) is 0 Å². The van der Waals surface area contributed by atoms with Gasteiger partial charge in [-0.05, 0) is 24.3 Å². The van der Waals surface area contributed by atoms with E-state index in [2.05, 4.69) is 20.3 Å². The smallest absolute Gasteiger partial charge is 0.273 e. The van der Waals surface area contributed by atoms with E-state index in [1.165, 1.54) is 0 Å². The van der Waals surface area contributed by atoms with Crippen molar-refractivity contribution in [3.63, 3.8) is 0 Å². The largest absolute Gasteiger partial charge is 0.357 e. The van der Waals surface area contributed by atoms with Crippen molar-refractivity contribution in [3.05, 3.63) is 53.4 Å². The molecule has 6 heteroatoms. The highest BCUT2D eigenvalue weighted by molar-refractivity contribution is 6.32. The summed E-state index contributed by atoms with van der Waals surface area (Å²) in [6, 6.07) is 10.7. The topological polar surface area (TPSA) is 70.7 Å². The van der Waals surface area contributed by atoms with Gasteiger partial charge in [-0.3, -0.25) is 4.79 Å². The van der Waals surface area contributed by atoms with Gasteiger partial charge in [0.15, 0.2) is 11.0 Å². The number of rotatable bonds is 2. The van der Waals surface area contributed by atoms with Gasteiger partial charge in [0.2, 0.25) is 0 Å². The summed E-state index contributed by atoms with van der Waals surface area (Å²) in [5.74, 6) is -0.0588. The molecule has 5 nitrogen and oxygen atoms in total. The molecule has 2 aromatic heterocycles. The van der Waals surface area contributed by atoms with E-state index in [-0.39, 0.29) is 16.9 Å². The molecular formula is C13H9ClN4O. The van der Waals surface area contributed by atoms with Gasteiger partial charge < -0.3 is 10.3 Å². The van der Waals surface area contributed by atoms with Gasteiger partial charge in [0.1, 0.15) is 5.69 Å². The van der Waals surface area contributed by atoms with Crippen LogP contribution in [-0.4, -0.2) is 20.9 Å². The third kappa shape index (κ3) is 2.28. The van der Waals surface area contributed by atoms with E-state index in [1.54, 1.807) is 18.3 Å². The molecule has 94 valence electrons. The summed E-state index contributed by atoms with van der Waals surface area (Å²) in [4.78, 5) is 23.2. The first-order chi connectivity index (χ1) is 9.24. The molecule has 0 aliphatic carbocycles. The van der Waals surface area contributed by atoms with Gasteiger partial charge in [0, 0.05) is 6.20 Å². The number of H-pyrrole nitrogens is 1. The van der Waals surface area contributed by atoms with E-state index in [9.17, 15) is 4.79 Å². The zero-order chi connectivity index (χ0) is 13.2. The monoisotopic (exact) mass is 272 g/mol. The van der Waals surface area contributed by atoms with Crippen LogP contribution in [-0.2, 0) is 0 Å². The zero-order valence-electron chi connectivity index (χ0n) is 9.72. The van der Waals surface area contributed by atoms with Crippen molar-refractivity contribution in [2.75, 3.05) is 5.32 Å². The summed E-state index contributed by atoms with van der Waals surface area (Å²) in [7, 11) is 0. The van der Waals surface area contributed by atoms with E-state index in [4.69, 9.17) is 11.6 Å². The van der Waals surface area contributed by atoms with Crippen LogP contribution in [0.25, 0.3) is 11.0 Å². The highest BCUT2D eigenvalue weighted by Crippen LogP contribution is 2.21. The van der Waals surface area contributed by atoms with E-state index < -0.39 is 0 Å². The fourth-order valence-corrected chi connectivity index (χ4v) is 1.89. The van der Waals surface area contributed by atoms with Crippen LogP contribution in [0.1, 0.15) is 10.5 Å². The summed E-state index contributed by atoms with van der Waals surface area (Å²) in [5.41, 5.74) is 1.80. The SMILES string of the molecule is O=C(Nc1nc2ccccc2nc1Cl)c1ccc[nH]1. The zero-order valence-corrected chi connectivity index (χ0v) is 10.5. The molecule has 1 amide bonds. The number of carbonyl (C=O) groups is 1. The van der Waals surface area contributed by atoms with E-state index in [0.29, 0.717) is 16.7 Å². The molecule has 0 fully saturated rings. The lowest BCUT2D eigenvalue weighted by atomic mass is 10.3. The molecule has 0 aliphatic heterocycles. The van der Waals surface area contributed by atoms with Gasteiger partial charge in [0.25, 0.3) is 5.91 Å². The number of benzene rings is 1. The Hall–Kier alpha value is -2.40. The molecule has 0 aliphatic rings. The summed E-state index contributed by atoms with van der Waals surface area (Å²) < 4.78 is 0. The van der Waals surface area contributed by atoms with Crippen molar-refractivity contribution in [1.29, 1.82) is 0 Å². The van der Waals surface area contributed by atoms with Crippen molar-refractivity contribution in [2.24, 2.45) is 0 Å². The van der Waals surface area contributed by atoms with Crippen LogP contribution in [0.4, 0.5) is 5.82 Å². The maximum Gasteiger partial charge on any atom is 0.273 e. The van der Waals surface area contributed by atoms with Crippen molar-refractivity contribution in [1.82, 2.24) is 15.0 Å². The first-order valence-corrected chi connectivity index (χ1v) is 5.99. The number of aromatic nitrogens is 3. The van der Waals surface area contributed by atoms with E-state index in [0.717, 1.165) is 0 Å². The average Bonchev–Trinajstić information content (AvgIpc) is 2.93.